The summed E-state index contributed by atoms with van der Waals surface area (Å²) in [5.74, 6) is 2.61. The summed E-state index contributed by atoms with van der Waals surface area (Å²) in [5.41, 5.74) is 1.59. The molecule has 0 unspecified atom stereocenters. The third kappa shape index (κ3) is 4.04. The van der Waals surface area contributed by atoms with E-state index in [9.17, 15) is 4.79 Å². The third-order valence-electron chi connectivity index (χ3n) is 4.83. The van der Waals surface area contributed by atoms with E-state index in [1.165, 1.54) is 24.6 Å². The van der Waals surface area contributed by atoms with E-state index in [4.69, 9.17) is 0 Å². The number of likely N-dealkylation sites (tertiary alicyclic amines) is 1. The monoisotopic (exact) mass is 334 g/mol. The second-order valence-electron chi connectivity index (χ2n) is 6.30. The maximum absolute atomic E-state index is 12.8. The van der Waals surface area contributed by atoms with Gasteiger partial charge in [0.2, 0.25) is 0 Å². The number of aromatic nitrogens is 2. The van der Waals surface area contributed by atoms with E-state index in [2.05, 4.69) is 33.6 Å². The van der Waals surface area contributed by atoms with E-state index in [1.54, 1.807) is 12.5 Å². The van der Waals surface area contributed by atoms with E-state index in [0.717, 1.165) is 44.5 Å². The molecule has 1 amide bonds. The van der Waals surface area contributed by atoms with E-state index in [-0.39, 0.29) is 5.91 Å². The molecule has 2 aliphatic rings. The lowest BCUT2D eigenvalue weighted by Gasteiger charge is -2.40. The van der Waals surface area contributed by atoms with Gasteiger partial charge in [0.15, 0.2) is 0 Å². The van der Waals surface area contributed by atoms with Crippen LogP contribution in [0.3, 0.4) is 0 Å². The number of aryl methyl sites for hydroxylation is 1. The molecule has 3 rings (SSSR count). The Bertz CT molecular complexity index is 525. The number of carbonyl (C=O) groups excluding carboxylic acids is 1. The summed E-state index contributed by atoms with van der Waals surface area (Å²) in [6.45, 7) is 6.23. The zero-order valence-electron chi connectivity index (χ0n) is 13.9. The molecule has 3 heterocycles. The van der Waals surface area contributed by atoms with Gasteiger partial charge >= 0.3 is 0 Å². The highest BCUT2D eigenvalue weighted by molar-refractivity contribution is 7.99. The molecule has 0 atom stereocenters. The Balaban J connectivity index is 1.60. The Morgan fingerprint density at radius 3 is 2.70 bits per heavy atom. The Labute approximate surface area is 142 Å². The molecule has 23 heavy (non-hydrogen) atoms. The lowest BCUT2D eigenvalue weighted by atomic mass is 10.0. The summed E-state index contributed by atoms with van der Waals surface area (Å²) in [4.78, 5) is 25.8. The first kappa shape index (κ1) is 16.7. The molecular weight excluding hydrogens is 308 g/mol. The van der Waals surface area contributed by atoms with Crippen molar-refractivity contribution in [3.8, 4) is 0 Å². The van der Waals surface area contributed by atoms with Crippen molar-refractivity contribution in [2.24, 2.45) is 0 Å². The summed E-state index contributed by atoms with van der Waals surface area (Å²) < 4.78 is 0. The number of carbonyl (C=O) groups is 1. The van der Waals surface area contributed by atoms with Gasteiger partial charge in [-0.05, 0) is 19.3 Å². The van der Waals surface area contributed by atoms with Gasteiger partial charge in [-0.25, -0.2) is 9.97 Å². The number of piperidine rings is 1. The van der Waals surface area contributed by atoms with Crippen LogP contribution in [0.5, 0.6) is 0 Å². The Morgan fingerprint density at radius 1 is 1.26 bits per heavy atom. The van der Waals surface area contributed by atoms with E-state index >= 15 is 0 Å². The molecule has 0 saturated carbocycles. The third-order valence-corrected chi connectivity index (χ3v) is 5.77. The van der Waals surface area contributed by atoms with Gasteiger partial charge in [0.1, 0.15) is 6.33 Å². The molecule has 0 N–H and O–H groups in total. The van der Waals surface area contributed by atoms with E-state index in [0.29, 0.717) is 11.6 Å². The van der Waals surface area contributed by atoms with Gasteiger partial charge in [0.25, 0.3) is 5.91 Å². The average Bonchev–Trinajstić information content (AvgIpc) is 2.63. The summed E-state index contributed by atoms with van der Waals surface area (Å²) in [5, 5.41) is 0. The number of hydrogen-bond donors (Lipinski definition) is 0. The van der Waals surface area contributed by atoms with Crippen molar-refractivity contribution in [1.82, 2.24) is 19.8 Å². The van der Waals surface area contributed by atoms with Crippen LogP contribution in [0, 0.1) is 0 Å². The number of rotatable bonds is 4. The Kier molecular flexibility index (Phi) is 5.89. The maximum Gasteiger partial charge on any atom is 0.257 e. The van der Waals surface area contributed by atoms with Crippen LogP contribution in [0.2, 0.25) is 0 Å². The molecule has 1 aromatic heterocycles. The molecule has 6 heteroatoms. The highest BCUT2D eigenvalue weighted by atomic mass is 32.2. The molecule has 126 valence electrons. The van der Waals surface area contributed by atoms with Crippen molar-refractivity contribution in [3.05, 3.63) is 23.8 Å². The molecule has 2 saturated heterocycles. The van der Waals surface area contributed by atoms with Crippen LogP contribution < -0.4 is 0 Å². The highest BCUT2D eigenvalue weighted by Gasteiger charge is 2.29. The second-order valence-corrected chi connectivity index (χ2v) is 7.53. The molecule has 2 aliphatic heterocycles. The van der Waals surface area contributed by atoms with Crippen LogP contribution in [0.4, 0.5) is 0 Å². The van der Waals surface area contributed by atoms with Crippen LogP contribution in [-0.4, -0.2) is 69.4 Å². The molecule has 0 bridgehead atoms. The fourth-order valence-electron chi connectivity index (χ4n) is 3.52. The Morgan fingerprint density at radius 2 is 2.00 bits per heavy atom. The second kappa shape index (κ2) is 8.11. The number of hydrogen-bond acceptors (Lipinski definition) is 5. The molecule has 0 spiro atoms. The largest absolute Gasteiger partial charge is 0.338 e. The van der Waals surface area contributed by atoms with Crippen molar-refractivity contribution in [3.63, 3.8) is 0 Å². The van der Waals surface area contributed by atoms with E-state index < -0.39 is 0 Å². The van der Waals surface area contributed by atoms with E-state index in [1.807, 2.05) is 4.90 Å². The lowest BCUT2D eigenvalue weighted by Crippen LogP contribution is -2.49. The first-order chi connectivity index (χ1) is 11.3. The quantitative estimate of drug-likeness (QED) is 0.844. The van der Waals surface area contributed by atoms with Gasteiger partial charge in [-0.1, -0.05) is 13.3 Å². The maximum atomic E-state index is 12.8. The summed E-state index contributed by atoms with van der Waals surface area (Å²) in [7, 11) is 0. The fourth-order valence-corrected chi connectivity index (χ4v) is 4.45. The van der Waals surface area contributed by atoms with Crippen molar-refractivity contribution in [2.75, 3.05) is 37.7 Å². The summed E-state index contributed by atoms with van der Waals surface area (Å²) in [6.07, 6.45) is 7.24. The smallest absolute Gasteiger partial charge is 0.257 e. The normalized spacial score (nSPS) is 20.7. The first-order valence-corrected chi connectivity index (χ1v) is 9.85. The van der Waals surface area contributed by atoms with Gasteiger partial charge in [-0.2, -0.15) is 11.8 Å². The minimum atomic E-state index is 0.113. The predicted octanol–water partition coefficient (Wildman–Crippen LogP) is 2.08. The van der Waals surface area contributed by atoms with Crippen molar-refractivity contribution >= 4 is 17.7 Å². The number of thioether (sulfide) groups is 1. The molecular formula is C17H26N4OS. The molecule has 0 aromatic carbocycles. The minimum Gasteiger partial charge on any atom is -0.338 e. The van der Waals surface area contributed by atoms with Crippen LogP contribution in [0.25, 0.3) is 0 Å². The van der Waals surface area contributed by atoms with Gasteiger partial charge in [-0.3, -0.25) is 9.69 Å². The summed E-state index contributed by atoms with van der Waals surface area (Å²) >= 11 is 2.05. The Hall–Kier alpha value is -1.14. The molecule has 0 aliphatic carbocycles. The lowest BCUT2D eigenvalue weighted by molar-refractivity contribution is 0.0629. The topological polar surface area (TPSA) is 49.3 Å². The van der Waals surface area contributed by atoms with Crippen molar-refractivity contribution < 1.29 is 4.79 Å². The summed E-state index contributed by atoms with van der Waals surface area (Å²) in [6, 6.07) is 0.655. The average molecular weight is 334 g/mol. The molecule has 1 aromatic rings. The van der Waals surface area contributed by atoms with Gasteiger partial charge in [0, 0.05) is 49.9 Å². The van der Waals surface area contributed by atoms with Gasteiger partial charge in [0.05, 0.1) is 11.3 Å². The number of amides is 1. The van der Waals surface area contributed by atoms with Crippen LogP contribution in [0.15, 0.2) is 12.5 Å². The van der Waals surface area contributed by atoms with Crippen LogP contribution >= 0.6 is 11.8 Å². The van der Waals surface area contributed by atoms with Gasteiger partial charge in [-0.15, -0.1) is 0 Å². The minimum absolute atomic E-state index is 0.113. The zero-order chi connectivity index (χ0) is 16.1. The standard InChI is InChI=1S/C17H26N4OS/c1-2-3-16-15(12-18-13-19-16)17(22)21-6-4-14(5-7-21)20-8-10-23-11-9-20/h12-14H,2-11H2,1H3. The van der Waals surface area contributed by atoms with Gasteiger partial charge < -0.3 is 4.90 Å². The molecule has 2 fully saturated rings. The van der Waals surface area contributed by atoms with Crippen molar-refractivity contribution in [2.45, 2.75) is 38.6 Å². The zero-order valence-corrected chi connectivity index (χ0v) is 14.7. The fraction of sp³-hybridized carbons (Fsp3) is 0.706. The first-order valence-electron chi connectivity index (χ1n) is 8.69. The van der Waals surface area contributed by atoms with Crippen molar-refractivity contribution in [1.29, 1.82) is 0 Å². The predicted molar refractivity (Wildman–Crippen MR) is 93.9 cm³/mol. The molecule has 5 nitrogen and oxygen atoms in total. The molecule has 0 radical (unpaired) electrons. The highest BCUT2D eigenvalue weighted by Crippen LogP contribution is 2.22. The SMILES string of the molecule is CCCc1ncncc1C(=O)N1CCC(N2CCSCC2)CC1. The number of nitrogens with zero attached hydrogens (tertiary/aromatic N) is 4. The van der Waals surface area contributed by atoms with Crippen LogP contribution in [-0.2, 0) is 6.42 Å². The van der Waals surface area contributed by atoms with Crippen LogP contribution in [0.1, 0.15) is 42.2 Å².